The highest BCUT2D eigenvalue weighted by atomic mass is 32.2. The largest absolute Gasteiger partial charge is 0.423 e. The molecule has 1 amide bonds. The third kappa shape index (κ3) is 2.52. The Hall–Kier alpha value is -1.93. The average molecular weight is 295 g/mol. The van der Waals surface area contributed by atoms with Crippen LogP contribution in [0.3, 0.4) is 0 Å². The summed E-state index contributed by atoms with van der Waals surface area (Å²) in [6.07, 6.45) is 0.134. The molecule has 2 heterocycles. The number of primary sulfonamides is 1. The van der Waals surface area contributed by atoms with E-state index in [0.29, 0.717) is 11.1 Å². The summed E-state index contributed by atoms with van der Waals surface area (Å²) < 4.78 is 27.7. The molecule has 0 aliphatic carbocycles. The minimum absolute atomic E-state index is 0.134. The first-order valence-electron chi connectivity index (χ1n) is 6.09. The lowest BCUT2D eigenvalue weighted by Crippen LogP contribution is -2.27. The van der Waals surface area contributed by atoms with Gasteiger partial charge in [-0.25, -0.2) is 13.6 Å². The zero-order chi connectivity index (χ0) is 14.3. The van der Waals surface area contributed by atoms with Crippen LogP contribution in [0.1, 0.15) is 6.42 Å². The van der Waals surface area contributed by atoms with E-state index in [1.165, 1.54) is 4.90 Å². The van der Waals surface area contributed by atoms with Gasteiger partial charge in [-0.1, -0.05) is 12.1 Å². The lowest BCUT2D eigenvalue weighted by molar-refractivity contribution is -0.117. The number of para-hydroxylation sites is 2. The third-order valence-corrected chi connectivity index (χ3v) is 4.12. The predicted molar refractivity (Wildman–Crippen MR) is 72.4 cm³/mol. The SMILES string of the molecule is NS(=O)(=O)CC1CC(=O)N(c2nc3ccccc3o2)C1. The topological polar surface area (TPSA) is 106 Å². The number of carbonyl (C=O) groups excluding carboxylic acids is 1. The molecule has 1 unspecified atom stereocenters. The number of aromatic nitrogens is 1. The number of hydrogen-bond acceptors (Lipinski definition) is 5. The van der Waals surface area contributed by atoms with E-state index in [4.69, 9.17) is 9.56 Å². The number of oxazole rings is 1. The Labute approximate surface area is 115 Å². The molecule has 0 spiro atoms. The molecular weight excluding hydrogens is 282 g/mol. The zero-order valence-corrected chi connectivity index (χ0v) is 11.3. The van der Waals surface area contributed by atoms with Gasteiger partial charge in [-0.05, 0) is 12.1 Å². The van der Waals surface area contributed by atoms with Crippen LogP contribution in [-0.4, -0.2) is 31.6 Å². The number of nitrogens with zero attached hydrogens (tertiary/aromatic N) is 2. The molecule has 0 radical (unpaired) electrons. The van der Waals surface area contributed by atoms with Crippen LogP contribution < -0.4 is 10.0 Å². The molecule has 0 saturated carbocycles. The summed E-state index contributed by atoms with van der Waals surface area (Å²) in [6.45, 7) is 0.252. The van der Waals surface area contributed by atoms with E-state index in [-0.39, 0.29) is 36.6 Å². The summed E-state index contributed by atoms with van der Waals surface area (Å²) in [7, 11) is -3.59. The number of anilines is 1. The van der Waals surface area contributed by atoms with Crippen LogP contribution in [0.4, 0.5) is 6.01 Å². The molecule has 106 valence electrons. The molecule has 1 aromatic carbocycles. The highest BCUT2D eigenvalue weighted by Crippen LogP contribution is 2.28. The van der Waals surface area contributed by atoms with Crippen molar-refractivity contribution in [1.29, 1.82) is 0 Å². The molecule has 1 atom stereocenters. The molecular formula is C12H13N3O4S. The van der Waals surface area contributed by atoms with Crippen molar-refractivity contribution < 1.29 is 17.6 Å². The molecule has 2 N–H and O–H groups in total. The van der Waals surface area contributed by atoms with Crippen molar-refractivity contribution in [3.8, 4) is 0 Å². The van der Waals surface area contributed by atoms with Crippen molar-refractivity contribution >= 4 is 33.0 Å². The summed E-state index contributed by atoms with van der Waals surface area (Å²) in [4.78, 5) is 17.5. The Balaban J connectivity index is 1.85. The predicted octanol–water partition coefficient (Wildman–Crippen LogP) is 0.469. The van der Waals surface area contributed by atoms with Gasteiger partial charge in [-0.3, -0.25) is 9.69 Å². The molecule has 7 nitrogen and oxygen atoms in total. The molecule has 1 aliphatic rings. The molecule has 3 rings (SSSR count). The minimum atomic E-state index is -3.59. The maximum Gasteiger partial charge on any atom is 0.305 e. The van der Waals surface area contributed by atoms with Gasteiger partial charge < -0.3 is 4.42 Å². The highest BCUT2D eigenvalue weighted by molar-refractivity contribution is 7.89. The maximum absolute atomic E-state index is 11.9. The molecule has 0 bridgehead atoms. The number of nitrogens with two attached hydrogens (primary N) is 1. The van der Waals surface area contributed by atoms with E-state index in [1.54, 1.807) is 12.1 Å². The van der Waals surface area contributed by atoms with Crippen LogP contribution in [0.25, 0.3) is 11.1 Å². The standard InChI is InChI=1S/C12H13N3O4S/c13-20(17,18)7-8-5-11(16)15(6-8)12-14-9-3-1-2-4-10(9)19-12/h1-4,8H,5-7H2,(H2,13,17,18). The van der Waals surface area contributed by atoms with Crippen LogP contribution in [0.5, 0.6) is 0 Å². The summed E-state index contributed by atoms with van der Waals surface area (Å²) in [5.74, 6) is -0.743. The van der Waals surface area contributed by atoms with Crippen LogP contribution in [0.2, 0.25) is 0 Å². The zero-order valence-electron chi connectivity index (χ0n) is 10.5. The number of carbonyl (C=O) groups is 1. The number of fused-ring (bicyclic) bond motifs is 1. The summed E-state index contributed by atoms with van der Waals surface area (Å²) >= 11 is 0. The van der Waals surface area contributed by atoms with Crippen LogP contribution in [-0.2, 0) is 14.8 Å². The quantitative estimate of drug-likeness (QED) is 0.885. The Morgan fingerprint density at radius 2 is 2.15 bits per heavy atom. The monoisotopic (exact) mass is 295 g/mol. The smallest absolute Gasteiger partial charge is 0.305 e. The molecule has 20 heavy (non-hydrogen) atoms. The van der Waals surface area contributed by atoms with Crippen LogP contribution in [0, 0.1) is 5.92 Å². The highest BCUT2D eigenvalue weighted by Gasteiger charge is 2.35. The molecule has 1 aromatic heterocycles. The lowest BCUT2D eigenvalue weighted by Gasteiger charge is -2.10. The third-order valence-electron chi connectivity index (χ3n) is 3.19. The van der Waals surface area contributed by atoms with E-state index in [1.807, 2.05) is 12.1 Å². The summed E-state index contributed by atoms with van der Waals surface area (Å²) in [6, 6.07) is 7.38. The van der Waals surface area contributed by atoms with Gasteiger partial charge in [-0.2, -0.15) is 4.98 Å². The number of benzene rings is 1. The number of hydrogen-bond donors (Lipinski definition) is 1. The van der Waals surface area contributed by atoms with Crippen molar-refractivity contribution in [2.24, 2.45) is 11.1 Å². The van der Waals surface area contributed by atoms with Gasteiger partial charge in [0.25, 0.3) is 0 Å². The van der Waals surface area contributed by atoms with Crippen molar-refractivity contribution in [2.45, 2.75) is 6.42 Å². The second kappa shape index (κ2) is 4.57. The van der Waals surface area contributed by atoms with E-state index in [9.17, 15) is 13.2 Å². The Morgan fingerprint density at radius 3 is 2.85 bits per heavy atom. The summed E-state index contributed by atoms with van der Waals surface area (Å²) in [5, 5.41) is 5.01. The van der Waals surface area contributed by atoms with Crippen LogP contribution >= 0.6 is 0 Å². The number of amides is 1. The Kier molecular flexibility index (Phi) is 2.98. The van der Waals surface area contributed by atoms with E-state index in [2.05, 4.69) is 4.98 Å². The summed E-state index contributed by atoms with van der Waals surface area (Å²) in [5.41, 5.74) is 1.25. The van der Waals surface area contributed by atoms with Gasteiger partial charge in [0.05, 0.1) is 5.75 Å². The average Bonchev–Trinajstić information content (AvgIpc) is 2.90. The van der Waals surface area contributed by atoms with Gasteiger partial charge in [0.2, 0.25) is 15.9 Å². The fourth-order valence-corrected chi connectivity index (χ4v) is 3.26. The fourth-order valence-electron chi connectivity index (χ4n) is 2.38. The Morgan fingerprint density at radius 1 is 1.40 bits per heavy atom. The normalized spacial score (nSPS) is 19.9. The first-order chi connectivity index (χ1) is 9.42. The van der Waals surface area contributed by atoms with Gasteiger partial charge in [0.1, 0.15) is 5.52 Å². The Bertz CT molecular complexity index is 735. The van der Waals surface area contributed by atoms with Gasteiger partial charge in [-0.15, -0.1) is 0 Å². The van der Waals surface area contributed by atoms with Crippen molar-refractivity contribution in [1.82, 2.24) is 4.98 Å². The molecule has 1 fully saturated rings. The van der Waals surface area contributed by atoms with Crippen molar-refractivity contribution in [3.63, 3.8) is 0 Å². The number of rotatable bonds is 3. The van der Waals surface area contributed by atoms with E-state index in [0.717, 1.165) is 0 Å². The number of sulfonamides is 1. The molecule has 1 saturated heterocycles. The minimum Gasteiger partial charge on any atom is -0.423 e. The first-order valence-corrected chi connectivity index (χ1v) is 7.80. The molecule has 1 aliphatic heterocycles. The molecule has 2 aromatic rings. The lowest BCUT2D eigenvalue weighted by atomic mass is 10.1. The first kappa shape index (κ1) is 13.1. The van der Waals surface area contributed by atoms with Crippen LogP contribution in [0.15, 0.2) is 28.7 Å². The van der Waals surface area contributed by atoms with Gasteiger partial charge >= 0.3 is 6.01 Å². The van der Waals surface area contributed by atoms with E-state index < -0.39 is 10.0 Å². The van der Waals surface area contributed by atoms with Crippen molar-refractivity contribution in [2.75, 3.05) is 17.2 Å². The fraction of sp³-hybridized carbons (Fsp3) is 0.333. The maximum atomic E-state index is 11.9. The van der Waals surface area contributed by atoms with Gasteiger partial charge in [0.15, 0.2) is 5.58 Å². The second-order valence-corrected chi connectivity index (χ2v) is 6.53. The molecule has 8 heteroatoms. The van der Waals surface area contributed by atoms with Crippen molar-refractivity contribution in [3.05, 3.63) is 24.3 Å². The second-order valence-electron chi connectivity index (χ2n) is 4.87. The van der Waals surface area contributed by atoms with Gasteiger partial charge in [0, 0.05) is 18.9 Å². The van der Waals surface area contributed by atoms with E-state index >= 15 is 0 Å².